The Morgan fingerprint density at radius 3 is 2.46 bits per heavy atom. The van der Waals surface area contributed by atoms with Gasteiger partial charge in [-0.25, -0.2) is 4.98 Å². The van der Waals surface area contributed by atoms with Crippen LogP contribution in [0.15, 0.2) is 18.2 Å². The van der Waals surface area contributed by atoms with Crippen LogP contribution in [0.25, 0.3) is 0 Å². The van der Waals surface area contributed by atoms with E-state index in [1.807, 2.05) is 13.8 Å². The first-order chi connectivity index (χ1) is 13.5. The van der Waals surface area contributed by atoms with Crippen LogP contribution in [-0.2, 0) is 0 Å². The van der Waals surface area contributed by atoms with Crippen LogP contribution in [0.3, 0.4) is 0 Å². The van der Waals surface area contributed by atoms with Gasteiger partial charge in [0.1, 0.15) is 11.9 Å². The minimum absolute atomic E-state index is 0.121. The molecule has 1 saturated heterocycles. The molecule has 1 unspecified atom stereocenters. The van der Waals surface area contributed by atoms with Crippen molar-refractivity contribution in [1.29, 1.82) is 0 Å². The van der Waals surface area contributed by atoms with Crippen LogP contribution in [0.5, 0.6) is 23.1 Å². The molecule has 0 aliphatic carbocycles. The second kappa shape index (κ2) is 8.33. The second-order valence-electron chi connectivity index (χ2n) is 6.56. The SMILES string of the molecule is COc1ccc(C(=O)N2CCC(Oc3cc(C)nc(C)n3)C2)c(OC)c1OC. The fourth-order valence-corrected chi connectivity index (χ4v) is 3.36. The van der Waals surface area contributed by atoms with E-state index >= 15 is 0 Å². The van der Waals surface area contributed by atoms with Crippen LogP contribution in [0, 0.1) is 13.8 Å². The maximum absolute atomic E-state index is 13.1. The molecule has 1 amide bonds. The zero-order chi connectivity index (χ0) is 20.3. The van der Waals surface area contributed by atoms with E-state index in [0.717, 1.165) is 12.1 Å². The zero-order valence-electron chi connectivity index (χ0n) is 16.8. The molecule has 150 valence electrons. The minimum atomic E-state index is -0.140. The largest absolute Gasteiger partial charge is 0.493 e. The van der Waals surface area contributed by atoms with Crippen molar-refractivity contribution in [3.63, 3.8) is 0 Å². The van der Waals surface area contributed by atoms with E-state index < -0.39 is 0 Å². The fraction of sp³-hybridized carbons (Fsp3) is 0.450. The van der Waals surface area contributed by atoms with Gasteiger partial charge in [-0.2, -0.15) is 4.98 Å². The first kappa shape index (κ1) is 19.7. The van der Waals surface area contributed by atoms with Gasteiger partial charge in [0.15, 0.2) is 11.5 Å². The summed E-state index contributed by atoms with van der Waals surface area (Å²) in [5.74, 6) is 2.32. The number of amides is 1. The molecule has 0 bridgehead atoms. The lowest BCUT2D eigenvalue weighted by molar-refractivity contribution is 0.0767. The average molecular weight is 387 g/mol. The van der Waals surface area contributed by atoms with Gasteiger partial charge < -0.3 is 23.8 Å². The van der Waals surface area contributed by atoms with Crippen LogP contribution >= 0.6 is 0 Å². The van der Waals surface area contributed by atoms with Crippen LogP contribution < -0.4 is 18.9 Å². The zero-order valence-corrected chi connectivity index (χ0v) is 16.8. The smallest absolute Gasteiger partial charge is 0.257 e. The van der Waals surface area contributed by atoms with E-state index in [0.29, 0.717) is 47.6 Å². The molecule has 0 spiro atoms. The Labute approximate surface area is 164 Å². The van der Waals surface area contributed by atoms with E-state index in [1.54, 1.807) is 23.1 Å². The van der Waals surface area contributed by atoms with E-state index in [4.69, 9.17) is 18.9 Å². The van der Waals surface area contributed by atoms with Gasteiger partial charge in [-0.3, -0.25) is 4.79 Å². The average Bonchev–Trinajstić information content (AvgIpc) is 3.13. The molecule has 28 heavy (non-hydrogen) atoms. The summed E-state index contributed by atoms with van der Waals surface area (Å²) in [4.78, 5) is 23.4. The number of rotatable bonds is 6. The van der Waals surface area contributed by atoms with E-state index in [1.165, 1.54) is 21.3 Å². The molecule has 2 aromatic rings. The summed E-state index contributed by atoms with van der Waals surface area (Å²) in [6.07, 6.45) is 0.604. The summed E-state index contributed by atoms with van der Waals surface area (Å²) in [5.41, 5.74) is 1.28. The first-order valence-electron chi connectivity index (χ1n) is 9.04. The number of ether oxygens (including phenoxy) is 4. The summed E-state index contributed by atoms with van der Waals surface area (Å²) in [5, 5.41) is 0. The molecule has 3 rings (SSSR count). The predicted octanol–water partition coefficient (Wildman–Crippen LogP) is 2.41. The molecule has 0 radical (unpaired) electrons. The molecule has 8 heteroatoms. The number of benzene rings is 1. The molecule has 1 aromatic heterocycles. The van der Waals surface area contributed by atoms with Crippen molar-refractivity contribution >= 4 is 5.91 Å². The van der Waals surface area contributed by atoms with E-state index in [-0.39, 0.29) is 12.0 Å². The Bertz CT molecular complexity index is 851. The van der Waals surface area contributed by atoms with Crippen LogP contribution in [0.2, 0.25) is 0 Å². The van der Waals surface area contributed by atoms with Gasteiger partial charge in [0.05, 0.1) is 33.4 Å². The Morgan fingerprint density at radius 1 is 1.07 bits per heavy atom. The molecule has 1 fully saturated rings. The molecule has 1 aromatic carbocycles. The molecular formula is C20H25N3O5. The summed E-state index contributed by atoms with van der Waals surface area (Å²) in [6.45, 7) is 4.78. The number of hydrogen-bond donors (Lipinski definition) is 0. The Morgan fingerprint density at radius 2 is 1.82 bits per heavy atom. The molecule has 8 nitrogen and oxygen atoms in total. The summed E-state index contributed by atoms with van der Waals surface area (Å²) in [6, 6.07) is 5.19. The van der Waals surface area contributed by atoms with Crippen molar-refractivity contribution in [3.05, 3.63) is 35.3 Å². The molecule has 1 aliphatic heterocycles. The van der Waals surface area contributed by atoms with Gasteiger partial charge in [-0.05, 0) is 26.0 Å². The number of carbonyl (C=O) groups excluding carboxylic acids is 1. The topological polar surface area (TPSA) is 83.0 Å². The summed E-state index contributed by atoms with van der Waals surface area (Å²) in [7, 11) is 4.56. The van der Waals surface area contributed by atoms with E-state index in [2.05, 4.69) is 9.97 Å². The fourth-order valence-electron chi connectivity index (χ4n) is 3.36. The molecule has 2 heterocycles. The van der Waals surface area contributed by atoms with Crippen molar-refractivity contribution in [3.8, 4) is 23.1 Å². The number of methoxy groups -OCH3 is 3. The highest BCUT2D eigenvalue weighted by atomic mass is 16.5. The lowest BCUT2D eigenvalue weighted by Gasteiger charge is -2.20. The second-order valence-corrected chi connectivity index (χ2v) is 6.56. The third-order valence-electron chi connectivity index (χ3n) is 4.60. The predicted molar refractivity (Wildman–Crippen MR) is 103 cm³/mol. The minimum Gasteiger partial charge on any atom is -0.493 e. The maximum atomic E-state index is 13.1. The van der Waals surface area contributed by atoms with Gasteiger partial charge in [-0.1, -0.05) is 0 Å². The Hall–Kier alpha value is -3.03. The standard InChI is InChI=1S/C20H25N3O5/c1-12-10-17(22-13(2)21-12)28-14-8-9-23(11-14)20(24)15-6-7-16(25-3)19(27-5)18(15)26-4/h6-7,10,14H,8-9,11H2,1-5H3. The Kier molecular flexibility index (Phi) is 5.87. The number of hydrogen-bond acceptors (Lipinski definition) is 7. The number of nitrogens with zero attached hydrogens (tertiary/aromatic N) is 3. The highest BCUT2D eigenvalue weighted by molar-refractivity contribution is 5.98. The quantitative estimate of drug-likeness (QED) is 0.753. The van der Waals surface area contributed by atoms with Crippen molar-refractivity contribution in [2.75, 3.05) is 34.4 Å². The van der Waals surface area contributed by atoms with Crippen LogP contribution in [0.1, 0.15) is 28.3 Å². The van der Waals surface area contributed by atoms with Crippen molar-refractivity contribution in [2.45, 2.75) is 26.4 Å². The third-order valence-corrected chi connectivity index (χ3v) is 4.60. The maximum Gasteiger partial charge on any atom is 0.257 e. The lowest BCUT2D eigenvalue weighted by Crippen LogP contribution is -2.31. The number of aromatic nitrogens is 2. The van der Waals surface area contributed by atoms with Crippen LogP contribution in [-0.4, -0.2) is 61.3 Å². The Balaban J connectivity index is 1.76. The highest BCUT2D eigenvalue weighted by Crippen LogP contribution is 2.40. The molecule has 1 aliphatic rings. The highest BCUT2D eigenvalue weighted by Gasteiger charge is 2.31. The third kappa shape index (κ3) is 3.95. The number of likely N-dealkylation sites (tertiary alicyclic amines) is 1. The normalized spacial score (nSPS) is 16.0. The molecular weight excluding hydrogens is 362 g/mol. The van der Waals surface area contributed by atoms with Gasteiger partial charge >= 0.3 is 0 Å². The van der Waals surface area contributed by atoms with Crippen molar-refractivity contribution < 1.29 is 23.7 Å². The summed E-state index contributed by atoms with van der Waals surface area (Å²) < 4.78 is 22.1. The van der Waals surface area contributed by atoms with Gasteiger partial charge in [-0.15, -0.1) is 0 Å². The molecule has 0 N–H and O–H groups in total. The van der Waals surface area contributed by atoms with Crippen molar-refractivity contribution in [2.24, 2.45) is 0 Å². The van der Waals surface area contributed by atoms with Crippen LogP contribution in [0.4, 0.5) is 0 Å². The molecule has 0 saturated carbocycles. The summed E-state index contributed by atoms with van der Waals surface area (Å²) >= 11 is 0. The van der Waals surface area contributed by atoms with Gasteiger partial charge in [0.2, 0.25) is 11.6 Å². The van der Waals surface area contributed by atoms with E-state index in [9.17, 15) is 4.79 Å². The number of carbonyl (C=O) groups is 1. The monoisotopic (exact) mass is 387 g/mol. The first-order valence-corrected chi connectivity index (χ1v) is 9.04. The van der Waals surface area contributed by atoms with Crippen molar-refractivity contribution in [1.82, 2.24) is 14.9 Å². The number of aryl methyl sites for hydroxylation is 2. The van der Waals surface area contributed by atoms with Gasteiger partial charge in [0, 0.05) is 24.7 Å². The van der Waals surface area contributed by atoms with Gasteiger partial charge in [0.25, 0.3) is 5.91 Å². The molecule has 1 atom stereocenters. The lowest BCUT2D eigenvalue weighted by atomic mass is 10.1.